The molecule has 1 aromatic heterocycles. The summed E-state index contributed by atoms with van der Waals surface area (Å²) in [6, 6.07) is 6.99. The first-order valence-electron chi connectivity index (χ1n) is 7.57. The van der Waals surface area contributed by atoms with Gasteiger partial charge in [0.2, 0.25) is 17.6 Å². The van der Waals surface area contributed by atoms with Crippen LogP contribution in [-0.2, 0) is 9.53 Å². The topological polar surface area (TPSA) is 86.5 Å². The molecule has 2 heterocycles. The molecule has 0 spiro atoms. The second kappa shape index (κ2) is 6.78. The Balaban J connectivity index is 1.66. The van der Waals surface area contributed by atoms with E-state index in [1.54, 1.807) is 14.0 Å². The average molecular weight is 317 g/mol. The van der Waals surface area contributed by atoms with Gasteiger partial charge in [-0.25, -0.2) is 0 Å². The molecule has 0 aliphatic carbocycles. The number of nitrogens with zero attached hydrogens (tertiary/aromatic N) is 2. The summed E-state index contributed by atoms with van der Waals surface area (Å²) in [5.41, 5.74) is 0.818. The maximum Gasteiger partial charge on any atom is 0.249 e. The Labute approximate surface area is 134 Å². The second-order valence-corrected chi connectivity index (χ2v) is 5.42. The van der Waals surface area contributed by atoms with Crippen LogP contribution in [-0.4, -0.2) is 35.9 Å². The van der Waals surface area contributed by atoms with Crippen molar-refractivity contribution in [2.75, 3.05) is 13.7 Å². The molecule has 1 aliphatic heterocycles. The van der Waals surface area contributed by atoms with E-state index in [1.807, 2.05) is 24.3 Å². The van der Waals surface area contributed by atoms with Gasteiger partial charge in [-0.2, -0.15) is 4.98 Å². The van der Waals surface area contributed by atoms with Gasteiger partial charge in [0.05, 0.1) is 7.11 Å². The number of benzene rings is 1. The van der Waals surface area contributed by atoms with Crippen molar-refractivity contribution >= 4 is 5.91 Å². The summed E-state index contributed by atoms with van der Waals surface area (Å²) in [4.78, 5) is 16.4. The number of hydrogen-bond acceptors (Lipinski definition) is 6. The second-order valence-electron chi connectivity index (χ2n) is 5.42. The SMILES string of the molecule is COc1ccc(-c2noc([C@H](C)NC(=O)C3CCCO3)n2)cc1. The highest BCUT2D eigenvalue weighted by atomic mass is 16.5. The van der Waals surface area contributed by atoms with Crippen LogP contribution in [0.3, 0.4) is 0 Å². The Hall–Kier alpha value is -2.41. The third-order valence-electron chi connectivity index (χ3n) is 3.74. The molecule has 1 aromatic carbocycles. The van der Waals surface area contributed by atoms with Gasteiger partial charge in [0, 0.05) is 12.2 Å². The molecular weight excluding hydrogens is 298 g/mol. The molecule has 23 heavy (non-hydrogen) atoms. The molecule has 122 valence electrons. The first-order valence-corrected chi connectivity index (χ1v) is 7.57. The lowest BCUT2D eigenvalue weighted by Gasteiger charge is -2.13. The van der Waals surface area contributed by atoms with Gasteiger partial charge in [0.15, 0.2) is 0 Å². The molecule has 7 nitrogen and oxygen atoms in total. The highest BCUT2D eigenvalue weighted by Crippen LogP contribution is 2.22. The maximum atomic E-state index is 12.0. The Morgan fingerprint density at radius 3 is 2.83 bits per heavy atom. The van der Waals surface area contributed by atoms with Crippen molar-refractivity contribution in [1.82, 2.24) is 15.5 Å². The van der Waals surface area contributed by atoms with Gasteiger partial charge in [-0.05, 0) is 44.0 Å². The van der Waals surface area contributed by atoms with Crippen LogP contribution >= 0.6 is 0 Å². The Bertz CT molecular complexity index is 662. The normalized spacial score (nSPS) is 18.6. The van der Waals surface area contributed by atoms with Gasteiger partial charge in [-0.1, -0.05) is 5.16 Å². The van der Waals surface area contributed by atoms with Crippen molar-refractivity contribution in [2.24, 2.45) is 0 Å². The number of ether oxygens (including phenoxy) is 2. The van der Waals surface area contributed by atoms with E-state index in [1.165, 1.54) is 0 Å². The molecule has 1 unspecified atom stereocenters. The lowest BCUT2D eigenvalue weighted by molar-refractivity contribution is -0.130. The van der Waals surface area contributed by atoms with Crippen LogP contribution in [0.25, 0.3) is 11.4 Å². The quantitative estimate of drug-likeness (QED) is 0.909. The smallest absolute Gasteiger partial charge is 0.249 e. The zero-order valence-corrected chi connectivity index (χ0v) is 13.1. The lowest BCUT2D eigenvalue weighted by atomic mass is 10.2. The van der Waals surface area contributed by atoms with Crippen molar-refractivity contribution < 1.29 is 18.8 Å². The third kappa shape index (κ3) is 3.50. The van der Waals surface area contributed by atoms with Crippen LogP contribution < -0.4 is 10.1 Å². The van der Waals surface area contributed by atoms with Crippen LogP contribution in [0, 0.1) is 0 Å². The number of amides is 1. The monoisotopic (exact) mass is 317 g/mol. The maximum absolute atomic E-state index is 12.0. The molecule has 0 radical (unpaired) electrons. The van der Waals surface area contributed by atoms with Gasteiger partial charge in [0.25, 0.3) is 0 Å². The number of aromatic nitrogens is 2. The Kier molecular flexibility index (Phi) is 4.57. The predicted molar refractivity (Wildman–Crippen MR) is 81.8 cm³/mol. The van der Waals surface area contributed by atoms with Gasteiger partial charge < -0.3 is 19.3 Å². The molecule has 1 saturated heterocycles. The number of nitrogens with one attached hydrogen (secondary N) is 1. The fraction of sp³-hybridized carbons (Fsp3) is 0.438. The minimum Gasteiger partial charge on any atom is -0.497 e. The molecule has 2 aromatic rings. The molecule has 1 aliphatic rings. The van der Waals surface area contributed by atoms with E-state index in [2.05, 4.69) is 15.5 Å². The molecule has 1 N–H and O–H groups in total. The Morgan fingerprint density at radius 2 is 2.17 bits per heavy atom. The fourth-order valence-electron chi connectivity index (χ4n) is 2.42. The first-order chi connectivity index (χ1) is 11.2. The van der Waals surface area contributed by atoms with E-state index in [9.17, 15) is 4.79 Å². The molecule has 2 atom stereocenters. The number of rotatable bonds is 5. The van der Waals surface area contributed by atoms with Crippen LogP contribution in [0.5, 0.6) is 5.75 Å². The van der Waals surface area contributed by atoms with E-state index in [4.69, 9.17) is 14.0 Å². The van der Waals surface area contributed by atoms with Crippen molar-refractivity contribution in [3.8, 4) is 17.1 Å². The largest absolute Gasteiger partial charge is 0.497 e. The molecule has 7 heteroatoms. The van der Waals surface area contributed by atoms with Gasteiger partial charge in [-0.15, -0.1) is 0 Å². The van der Waals surface area contributed by atoms with Crippen LogP contribution in [0.4, 0.5) is 0 Å². The first kappa shape index (κ1) is 15.5. The fourth-order valence-corrected chi connectivity index (χ4v) is 2.42. The van der Waals surface area contributed by atoms with Crippen molar-refractivity contribution in [3.63, 3.8) is 0 Å². The Morgan fingerprint density at radius 1 is 1.39 bits per heavy atom. The summed E-state index contributed by atoms with van der Waals surface area (Å²) in [7, 11) is 1.61. The zero-order chi connectivity index (χ0) is 16.2. The molecule has 1 amide bonds. The number of carbonyl (C=O) groups excluding carboxylic acids is 1. The van der Waals surface area contributed by atoms with Crippen molar-refractivity contribution in [3.05, 3.63) is 30.2 Å². The van der Waals surface area contributed by atoms with E-state index in [0.29, 0.717) is 18.3 Å². The number of hydrogen-bond donors (Lipinski definition) is 1. The van der Waals surface area contributed by atoms with Crippen LogP contribution in [0.1, 0.15) is 31.7 Å². The summed E-state index contributed by atoms with van der Waals surface area (Å²) in [5, 5.41) is 6.80. The van der Waals surface area contributed by atoms with E-state index >= 15 is 0 Å². The molecule has 0 bridgehead atoms. The number of carbonyl (C=O) groups is 1. The van der Waals surface area contributed by atoms with E-state index in [-0.39, 0.29) is 18.1 Å². The van der Waals surface area contributed by atoms with Gasteiger partial charge >= 0.3 is 0 Å². The molecule has 1 fully saturated rings. The highest BCUT2D eigenvalue weighted by molar-refractivity contribution is 5.81. The summed E-state index contributed by atoms with van der Waals surface area (Å²) < 4.78 is 15.7. The standard InChI is InChI=1S/C16H19N3O4/c1-10(17-15(20)13-4-3-9-22-13)16-18-14(19-23-16)11-5-7-12(21-2)8-6-11/h5-8,10,13H,3-4,9H2,1-2H3,(H,17,20)/t10-,13?/m0/s1. The molecule has 0 saturated carbocycles. The highest BCUT2D eigenvalue weighted by Gasteiger charge is 2.26. The van der Waals surface area contributed by atoms with Crippen LogP contribution in [0.2, 0.25) is 0 Å². The molecule has 3 rings (SSSR count). The number of methoxy groups -OCH3 is 1. The van der Waals surface area contributed by atoms with E-state index in [0.717, 1.165) is 24.2 Å². The van der Waals surface area contributed by atoms with E-state index < -0.39 is 0 Å². The summed E-state index contributed by atoms with van der Waals surface area (Å²) in [5.74, 6) is 1.46. The van der Waals surface area contributed by atoms with Crippen LogP contribution in [0.15, 0.2) is 28.8 Å². The van der Waals surface area contributed by atoms with Gasteiger partial charge in [0.1, 0.15) is 17.9 Å². The minimum atomic E-state index is -0.374. The average Bonchev–Trinajstić information content (AvgIpc) is 3.26. The predicted octanol–water partition coefficient (Wildman–Crippen LogP) is 2.10. The van der Waals surface area contributed by atoms with Crippen molar-refractivity contribution in [2.45, 2.75) is 31.9 Å². The minimum absolute atomic E-state index is 0.140. The third-order valence-corrected chi connectivity index (χ3v) is 3.74. The van der Waals surface area contributed by atoms with Crippen molar-refractivity contribution in [1.29, 1.82) is 0 Å². The summed E-state index contributed by atoms with van der Waals surface area (Å²) in [6.07, 6.45) is 1.29. The summed E-state index contributed by atoms with van der Waals surface area (Å²) in [6.45, 7) is 2.44. The summed E-state index contributed by atoms with van der Waals surface area (Å²) >= 11 is 0. The lowest BCUT2D eigenvalue weighted by Crippen LogP contribution is -2.35. The van der Waals surface area contributed by atoms with Gasteiger partial charge in [-0.3, -0.25) is 4.79 Å². The molecular formula is C16H19N3O4. The zero-order valence-electron chi connectivity index (χ0n) is 13.1.